The zero-order chi connectivity index (χ0) is 27.5. The number of aromatic nitrogens is 3. The molecule has 0 aliphatic rings. The SMILES string of the molecule is CC(=O)C=C(C)O.FC(F)(F)c1c[c-]c(-n2cccn2)cc1.[Ir].[Ir].[c-]1ccccc1-c1nccc2ccccc12. The van der Waals surface area contributed by atoms with Crippen LogP contribution in [0.5, 0.6) is 0 Å². The average Bonchev–Trinajstić information content (AvgIpc) is 3.44. The summed E-state index contributed by atoms with van der Waals surface area (Å²) >= 11 is 0. The Hall–Kier alpha value is -3.42. The predicted molar refractivity (Wildman–Crippen MR) is 140 cm³/mol. The van der Waals surface area contributed by atoms with Crippen molar-refractivity contribution in [1.82, 2.24) is 14.8 Å². The molecule has 10 heteroatoms. The van der Waals surface area contributed by atoms with Crippen molar-refractivity contribution in [1.29, 1.82) is 0 Å². The van der Waals surface area contributed by atoms with Crippen molar-refractivity contribution in [3.63, 3.8) is 0 Å². The van der Waals surface area contributed by atoms with Gasteiger partial charge in [0, 0.05) is 64.9 Å². The summed E-state index contributed by atoms with van der Waals surface area (Å²) in [4.78, 5) is 14.5. The Labute approximate surface area is 257 Å². The molecule has 0 fully saturated rings. The van der Waals surface area contributed by atoms with Gasteiger partial charge in [-0.1, -0.05) is 29.8 Å². The van der Waals surface area contributed by atoms with Crippen molar-refractivity contribution < 1.29 is 63.3 Å². The minimum absolute atomic E-state index is 0. The van der Waals surface area contributed by atoms with Crippen molar-refractivity contribution in [2.24, 2.45) is 0 Å². The molecule has 0 amide bonds. The molecule has 2 heterocycles. The van der Waals surface area contributed by atoms with Gasteiger partial charge in [-0.2, -0.15) is 36.5 Å². The molecule has 5 rings (SSSR count). The summed E-state index contributed by atoms with van der Waals surface area (Å²) in [5, 5.41) is 14.6. The molecule has 0 saturated carbocycles. The molecule has 0 unspecified atom stereocenters. The third kappa shape index (κ3) is 10.6. The quantitative estimate of drug-likeness (QED) is 0.116. The van der Waals surface area contributed by atoms with Gasteiger partial charge in [-0.25, -0.2) is 0 Å². The second-order valence-corrected chi connectivity index (χ2v) is 7.96. The van der Waals surface area contributed by atoms with Gasteiger partial charge in [0.1, 0.15) is 0 Å². The van der Waals surface area contributed by atoms with E-state index in [9.17, 15) is 18.0 Å². The van der Waals surface area contributed by atoms with E-state index in [-0.39, 0.29) is 51.8 Å². The van der Waals surface area contributed by atoms with Crippen LogP contribution in [-0.2, 0) is 51.2 Å². The number of ketones is 1. The van der Waals surface area contributed by atoms with Crippen LogP contribution in [0, 0.1) is 12.1 Å². The molecule has 40 heavy (non-hydrogen) atoms. The van der Waals surface area contributed by atoms with Gasteiger partial charge >= 0.3 is 6.18 Å². The van der Waals surface area contributed by atoms with E-state index in [2.05, 4.69) is 34.3 Å². The van der Waals surface area contributed by atoms with Gasteiger partial charge in [0.05, 0.1) is 5.76 Å². The molecule has 0 spiro atoms. The van der Waals surface area contributed by atoms with Crippen molar-refractivity contribution in [2.45, 2.75) is 20.0 Å². The van der Waals surface area contributed by atoms with E-state index in [1.165, 1.54) is 41.4 Å². The first-order valence-corrected chi connectivity index (χ1v) is 11.4. The molecular weight excluding hydrogens is 876 g/mol. The van der Waals surface area contributed by atoms with E-state index in [4.69, 9.17) is 5.11 Å². The van der Waals surface area contributed by atoms with Crippen molar-refractivity contribution in [2.75, 3.05) is 0 Å². The Morgan fingerprint density at radius 2 is 1.65 bits per heavy atom. The Kier molecular flexibility index (Phi) is 14.4. The van der Waals surface area contributed by atoms with Gasteiger partial charge in [-0.15, -0.1) is 42.0 Å². The number of pyridine rings is 1. The first kappa shape index (κ1) is 34.6. The van der Waals surface area contributed by atoms with Crippen LogP contribution in [0.2, 0.25) is 0 Å². The number of hydrogen-bond donors (Lipinski definition) is 1. The standard InChI is InChI=1S/C15H10N.C10H6F3N2.C5H8O2.2Ir/c1-2-7-13(8-3-1)15-14-9-5-4-6-12(14)10-11-16-15;11-10(12,13)8-2-4-9(5-3-8)15-7-1-6-14-15;1-4(6)3-5(2)7;;/h1-7,9-11H;1-4,6-7H;3,6H,1-2H3;;/q2*-1;;;. The number of allylic oxidation sites excluding steroid dienone is 2. The van der Waals surface area contributed by atoms with Gasteiger partial charge in [0.25, 0.3) is 0 Å². The number of alkyl halides is 3. The molecular formula is C30H24F3Ir2N3O2-2. The van der Waals surface area contributed by atoms with Crippen molar-refractivity contribution in [3.05, 3.63) is 127 Å². The number of halogens is 3. The van der Waals surface area contributed by atoms with Gasteiger partial charge in [-0.05, 0) is 48.1 Å². The molecule has 212 valence electrons. The largest absolute Gasteiger partial charge is 0.512 e. The van der Waals surface area contributed by atoms with Crippen LogP contribution in [0.15, 0.2) is 109 Å². The van der Waals surface area contributed by atoms with Crippen LogP contribution in [0.4, 0.5) is 13.2 Å². The second kappa shape index (κ2) is 16.6. The summed E-state index contributed by atoms with van der Waals surface area (Å²) in [5.74, 6) is -0.0625. The Morgan fingerprint density at radius 1 is 0.925 bits per heavy atom. The molecule has 0 aliphatic heterocycles. The number of carbonyl (C=O) groups is 1. The molecule has 0 bridgehead atoms. The number of nitrogens with zero attached hydrogens (tertiary/aromatic N) is 3. The molecule has 3 aromatic carbocycles. The fourth-order valence-corrected chi connectivity index (χ4v) is 3.32. The second-order valence-electron chi connectivity index (χ2n) is 7.96. The fourth-order valence-electron chi connectivity index (χ4n) is 3.32. The first-order valence-electron chi connectivity index (χ1n) is 11.4. The Bertz CT molecular complexity index is 1480. The third-order valence-corrected chi connectivity index (χ3v) is 4.92. The third-order valence-electron chi connectivity index (χ3n) is 4.92. The molecule has 1 N–H and O–H groups in total. The summed E-state index contributed by atoms with van der Waals surface area (Å²) in [6.45, 7) is 2.85. The van der Waals surface area contributed by atoms with E-state index in [0.717, 1.165) is 23.4 Å². The molecule has 5 nitrogen and oxygen atoms in total. The molecule has 2 radical (unpaired) electrons. The van der Waals surface area contributed by atoms with Crippen LogP contribution in [0.1, 0.15) is 19.4 Å². The average molecular weight is 900 g/mol. The van der Waals surface area contributed by atoms with Gasteiger partial charge in [-0.3, -0.25) is 9.48 Å². The molecule has 0 saturated heterocycles. The predicted octanol–water partition coefficient (Wildman–Crippen LogP) is 7.43. The molecule has 2 aromatic heterocycles. The maximum atomic E-state index is 12.2. The van der Waals surface area contributed by atoms with Crippen LogP contribution in [0.3, 0.4) is 0 Å². The van der Waals surface area contributed by atoms with E-state index < -0.39 is 11.7 Å². The Balaban J connectivity index is 0.000000314. The maximum Gasteiger partial charge on any atom is 0.370 e. The van der Waals surface area contributed by atoms with Crippen LogP contribution >= 0.6 is 0 Å². The maximum absolute atomic E-state index is 12.2. The number of aliphatic hydroxyl groups excluding tert-OH is 1. The van der Waals surface area contributed by atoms with Crippen LogP contribution in [-0.4, -0.2) is 25.7 Å². The van der Waals surface area contributed by atoms with Crippen LogP contribution < -0.4 is 0 Å². The number of aliphatic hydroxyl groups is 1. The fraction of sp³-hybridized carbons (Fsp3) is 0.100. The first-order chi connectivity index (χ1) is 18.1. The normalized spacial score (nSPS) is 10.6. The number of carbonyl (C=O) groups excluding carboxylic acids is 1. The van der Waals surface area contributed by atoms with Crippen LogP contribution in [0.25, 0.3) is 27.7 Å². The summed E-state index contributed by atoms with van der Waals surface area (Å²) in [6, 6.07) is 28.9. The summed E-state index contributed by atoms with van der Waals surface area (Å²) in [5.41, 5.74) is 1.81. The molecule has 0 aliphatic carbocycles. The summed E-state index contributed by atoms with van der Waals surface area (Å²) in [6.07, 6.45) is 1.88. The minimum Gasteiger partial charge on any atom is -0.512 e. The van der Waals surface area contributed by atoms with Gasteiger partial charge in [0.15, 0.2) is 5.78 Å². The monoisotopic (exact) mass is 901 g/mol. The molecule has 0 atom stereocenters. The summed E-state index contributed by atoms with van der Waals surface area (Å²) in [7, 11) is 0. The topological polar surface area (TPSA) is 68.0 Å². The van der Waals surface area contributed by atoms with E-state index >= 15 is 0 Å². The number of fused-ring (bicyclic) bond motifs is 1. The van der Waals surface area contributed by atoms with Gasteiger partial charge < -0.3 is 10.1 Å². The summed E-state index contributed by atoms with van der Waals surface area (Å²) < 4.78 is 38.1. The zero-order valence-corrected chi connectivity index (χ0v) is 26.1. The molecule has 5 aromatic rings. The smallest absolute Gasteiger partial charge is 0.370 e. The number of rotatable bonds is 3. The minimum atomic E-state index is -4.32. The Morgan fingerprint density at radius 3 is 2.17 bits per heavy atom. The van der Waals surface area contributed by atoms with Gasteiger partial charge in [0.2, 0.25) is 0 Å². The van der Waals surface area contributed by atoms with E-state index in [1.807, 2.05) is 48.7 Å². The van der Waals surface area contributed by atoms with Crippen molar-refractivity contribution in [3.8, 4) is 16.9 Å². The zero-order valence-electron chi connectivity index (χ0n) is 21.3. The van der Waals surface area contributed by atoms with E-state index in [1.54, 1.807) is 18.5 Å². The number of benzene rings is 3. The number of hydrogen-bond acceptors (Lipinski definition) is 4. The van der Waals surface area contributed by atoms with E-state index in [0.29, 0.717) is 5.69 Å². The van der Waals surface area contributed by atoms with Crippen molar-refractivity contribution >= 4 is 16.6 Å².